The number of esters is 1. The number of benzene rings is 2. The Hall–Kier alpha value is -3.88. The Morgan fingerprint density at radius 2 is 1.34 bits per heavy atom. The zero-order chi connectivity index (χ0) is 35.0. The van der Waals surface area contributed by atoms with Gasteiger partial charge in [-0.15, -0.1) is 0 Å². The molecule has 9 heteroatoms. The molecule has 0 radical (unpaired) electrons. The highest BCUT2D eigenvalue weighted by Gasteiger charge is 2.35. The summed E-state index contributed by atoms with van der Waals surface area (Å²) in [6.07, 6.45) is 6.27. The number of nitrogens with one attached hydrogen (secondary N) is 2. The minimum Gasteiger partial charge on any atom is -0.458 e. The molecule has 2 aromatic rings. The topological polar surface area (TPSA) is 114 Å². The predicted molar refractivity (Wildman–Crippen MR) is 186 cm³/mol. The van der Waals surface area contributed by atoms with Crippen LogP contribution in [0.1, 0.15) is 117 Å². The summed E-state index contributed by atoms with van der Waals surface area (Å²) in [5.74, 6) is -1.49. The van der Waals surface area contributed by atoms with Crippen LogP contribution in [0.4, 0.5) is 4.79 Å². The maximum Gasteiger partial charge on any atom is 0.408 e. The van der Waals surface area contributed by atoms with E-state index in [4.69, 9.17) is 9.47 Å². The number of carbonyl (C=O) groups is 4. The molecule has 2 N–H and O–H groups in total. The summed E-state index contributed by atoms with van der Waals surface area (Å²) in [5, 5.41) is 5.51. The SMILES string of the molecule is CCCCCCCCN(C(=O)CNC(=O)OC(C)(C)C)C(C(=O)NC(Cc1ccccc1)C(=O)OC(C)(C)C)c1ccc(CC)cc1. The van der Waals surface area contributed by atoms with Gasteiger partial charge in [-0.3, -0.25) is 9.59 Å². The Kier molecular flexibility index (Phi) is 15.9. The van der Waals surface area contributed by atoms with Gasteiger partial charge in [0.25, 0.3) is 0 Å². The molecule has 0 aromatic heterocycles. The van der Waals surface area contributed by atoms with Crippen molar-refractivity contribution >= 4 is 23.9 Å². The fraction of sp³-hybridized carbons (Fsp3) is 0.579. The maximum atomic E-state index is 14.4. The van der Waals surface area contributed by atoms with Crippen LogP contribution in [-0.4, -0.2) is 59.1 Å². The Balaban J connectivity index is 2.48. The van der Waals surface area contributed by atoms with Crippen LogP contribution in [0.2, 0.25) is 0 Å². The van der Waals surface area contributed by atoms with Gasteiger partial charge in [0.15, 0.2) is 0 Å². The third kappa shape index (κ3) is 15.0. The van der Waals surface area contributed by atoms with E-state index in [-0.39, 0.29) is 13.0 Å². The summed E-state index contributed by atoms with van der Waals surface area (Å²) >= 11 is 0. The number of alkyl carbamates (subject to hydrolysis) is 1. The molecule has 2 atom stereocenters. The minimum absolute atomic E-state index is 0.217. The number of unbranched alkanes of at least 4 members (excludes halogenated alkanes) is 5. The van der Waals surface area contributed by atoms with Crippen molar-refractivity contribution in [3.05, 3.63) is 71.3 Å². The second kappa shape index (κ2) is 19.1. The number of hydrogen-bond acceptors (Lipinski definition) is 6. The highest BCUT2D eigenvalue weighted by atomic mass is 16.6. The van der Waals surface area contributed by atoms with Gasteiger partial charge in [-0.05, 0) is 71.1 Å². The number of amides is 3. The molecule has 260 valence electrons. The lowest BCUT2D eigenvalue weighted by Crippen LogP contribution is -2.52. The Labute approximate surface area is 282 Å². The third-order valence-electron chi connectivity index (χ3n) is 7.41. The molecule has 3 amide bonds. The number of rotatable bonds is 17. The first kappa shape index (κ1) is 39.3. The molecule has 0 spiro atoms. The first-order valence-electron chi connectivity index (χ1n) is 17.1. The second-order valence-electron chi connectivity index (χ2n) is 14.0. The number of aryl methyl sites for hydroxylation is 1. The normalized spacial score (nSPS) is 12.9. The minimum atomic E-state index is -1.05. The Bertz CT molecular complexity index is 1270. The molecule has 2 aromatic carbocycles. The van der Waals surface area contributed by atoms with Crippen molar-refractivity contribution < 1.29 is 28.7 Å². The van der Waals surface area contributed by atoms with E-state index in [9.17, 15) is 19.2 Å². The number of nitrogens with zero attached hydrogens (tertiary/aromatic N) is 1. The zero-order valence-corrected chi connectivity index (χ0v) is 29.8. The lowest BCUT2D eigenvalue weighted by Gasteiger charge is -2.33. The first-order valence-corrected chi connectivity index (χ1v) is 17.1. The van der Waals surface area contributed by atoms with Crippen LogP contribution in [0.25, 0.3) is 0 Å². The number of hydrogen-bond donors (Lipinski definition) is 2. The van der Waals surface area contributed by atoms with Gasteiger partial charge in [0.05, 0.1) is 0 Å². The van der Waals surface area contributed by atoms with Gasteiger partial charge < -0.3 is 25.0 Å². The van der Waals surface area contributed by atoms with E-state index in [2.05, 4.69) is 17.6 Å². The van der Waals surface area contributed by atoms with Crippen LogP contribution in [0.3, 0.4) is 0 Å². The fourth-order valence-corrected chi connectivity index (χ4v) is 5.10. The van der Waals surface area contributed by atoms with Crippen molar-refractivity contribution in [3.63, 3.8) is 0 Å². The molecule has 0 bridgehead atoms. The van der Waals surface area contributed by atoms with E-state index in [0.717, 1.165) is 49.7 Å². The lowest BCUT2D eigenvalue weighted by molar-refractivity contribution is -0.159. The smallest absolute Gasteiger partial charge is 0.408 e. The van der Waals surface area contributed by atoms with Crippen LogP contribution in [0, 0.1) is 0 Å². The average molecular weight is 652 g/mol. The summed E-state index contributed by atoms with van der Waals surface area (Å²) in [4.78, 5) is 55.7. The summed E-state index contributed by atoms with van der Waals surface area (Å²) in [5.41, 5.74) is 1.06. The molecular formula is C38H57N3O6. The Morgan fingerprint density at radius 3 is 1.91 bits per heavy atom. The molecule has 0 saturated carbocycles. The highest BCUT2D eigenvalue weighted by Crippen LogP contribution is 2.25. The average Bonchev–Trinajstić information content (AvgIpc) is 2.99. The van der Waals surface area contributed by atoms with Crippen molar-refractivity contribution in [2.75, 3.05) is 13.1 Å². The molecule has 0 saturated heterocycles. The molecule has 0 heterocycles. The van der Waals surface area contributed by atoms with Crippen LogP contribution >= 0.6 is 0 Å². The summed E-state index contributed by atoms with van der Waals surface area (Å²) in [6, 6.07) is 15.0. The van der Waals surface area contributed by atoms with E-state index < -0.39 is 47.2 Å². The van der Waals surface area contributed by atoms with Gasteiger partial charge in [0.1, 0.15) is 29.8 Å². The first-order chi connectivity index (χ1) is 22.1. The number of ether oxygens (including phenoxy) is 2. The molecule has 9 nitrogen and oxygen atoms in total. The standard InChI is InChI=1S/C38H57N3O6/c1-9-11-12-13-14-18-25-41(32(42)27-39-36(45)47-38(6,7)8)33(30-23-21-28(10-2)22-24-30)34(43)40-31(35(44)46-37(3,4)5)26-29-19-16-15-17-20-29/h15-17,19-24,31,33H,9-14,18,25-27H2,1-8H3,(H,39,45)(H,40,43). The molecule has 2 rings (SSSR count). The summed E-state index contributed by atoms with van der Waals surface area (Å²) in [6.45, 7) is 14.7. The molecule has 0 aliphatic rings. The number of carbonyl (C=O) groups excluding carboxylic acids is 4. The molecule has 2 unspecified atom stereocenters. The van der Waals surface area contributed by atoms with Crippen LogP contribution < -0.4 is 10.6 Å². The monoisotopic (exact) mass is 651 g/mol. The summed E-state index contributed by atoms with van der Waals surface area (Å²) < 4.78 is 11.1. The highest BCUT2D eigenvalue weighted by molar-refractivity contribution is 5.92. The summed E-state index contributed by atoms with van der Waals surface area (Å²) in [7, 11) is 0. The molecule has 0 fully saturated rings. The van der Waals surface area contributed by atoms with E-state index >= 15 is 0 Å². The third-order valence-corrected chi connectivity index (χ3v) is 7.41. The maximum absolute atomic E-state index is 14.4. The Morgan fingerprint density at radius 1 is 0.745 bits per heavy atom. The van der Waals surface area contributed by atoms with Gasteiger partial charge in [-0.2, -0.15) is 0 Å². The van der Waals surface area contributed by atoms with Crippen LogP contribution in [0.5, 0.6) is 0 Å². The van der Waals surface area contributed by atoms with Crippen LogP contribution in [0.15, 0.2) is 54.6 Å². The van der Waals surface area contributed by atoms with Crippen molar-refractivity contribution in [2.24, 2.45) is 0 Å². The zero-order valence-electron chi connectivity index (χ0n) is 29.8. The van der Waals surface area contributed by atoms with Gasteiger partial charge in [-0.1, -0.05) is 101 Å². The van der Waals surface area contributed by atoms with Crippen molar-refractivity contribution in [2.45, 2.75) is 130 Å². The van der Waals surface area contributed by atoms with Gasteiger partial charge in [0, 0.05) is 13.0 Å². The van der Waals surface area contributed by atoms with Crippen molar-refractivity contribution in [1.82, 2.24) is 15.5 Å². The fourth-order valence-electron chi connectivity index (χ4n) is 5.10. The largest absolute Gasteiger partial charge is 0.458 e. The molecule has 0 aliphatic carbocycles. The van der Waals surface area contributed by atoms with E-state index in [0.29, 0.717) is 18.5 Å². The molecule has 0 aliphatic heterocycles. The van der Waals surface area contributed by atoms with Gasteiger partial charge >= 0.3 is 12.1 Å². The second-order valence-corrected chi connectivity index (χ2v) is 14.0. The quantitative estimate of drug-likeness (QED) is 0.140. The molecular weight excluding hydrogens is 594 g/mol. The lowest BCUT2D eigenvalue weighted by atomic mass is 9.99. The molecule has 47 heavy (non-hydrogen) atoms. The van der Waals surface area contributed by atoms with Gasteiger partial charge in [0.2, 0.25) is 11.8 Å². The van der Waals surface area contributed by atoms with Gasteiger partial charge in [-0.25, -0.2) is 9.59 Å². The van der Waals surface area contributed by atoms with Crippen molar-refractivity contribution in [1.29, 1.82) is 0 Å². The van der Waals surface area contributed by atoms with E-state index in [1.807, 2.05) is 61.5 Å². The van der Waals surface area contributed by atoms with Crippen LogP contribution in [-0.2, 0) is 36.7 Å². The van der Waals surface area contributed by atoms with E-state index in [1.165, 1.54) is 4.90 Å². The van der Waals surface area contributed by atoms with Crippen molar-refractivity contribution in [3.8, 4) is 0 Å². The predicted octanol–water partition coefficient (Wildman–Crippen LogP) is 7.07. The van der Waals surface area contributed by atoms with E-state index in [1.54, 1.807) is 41.5 Å².